The average Bonchev–Trinajstić information content (AvgIpc) is 2.82. The number of rotatable bonds is 5. The van der Waals surface area contributed by atoms with Gasteiger partial charge in [-0.15, -0.1) is 10.2 Å². The van der Waals surface area contributed by atoms with Gasteiger partial charge in [-0.1, -0.05) is 0 Å². The Kier molecular flexibility index (Phi) is 6.36. The summed E-state index contributed by atoms with van der Waals surface area (Å²) in [5.74, 6) is 1.11. The topological polar surface area (TPSA) is 75.6 Å². The van der Waals surface area contributed by atoms with Crippen LogP contribution in [0.2, 0.25) is 0 Å². The highest BCUT2D eigenvalue weighted by Gasteiger charge is 2.31. The molecule has 0 atom stereocenters. The van der Waals surface area contributed by atoms with Crippen molar-refractivity contribution < 1.29 is 17.5 Å². The maximum atomic E-state index is 13.4. The molecule has 1 fully saturated rings. The minimum Gasteiger partial charge on any atom is -0.496 e. The van der Waals surface area contributed by atoms with Crippen LogP contribution in [-0.4, -0.2) is 56.2 Å². The molecule has 0 N–H and O–H groups in total. The zero-order valence-corrected chi connectivity index (χ0v) is 20.0. The Bertz CT molecular complexity index is 1250. The Balaban J connectivity index is 1.48. The van der Waals surface area contributed by atoms with Gasteiger partial charge in [0, 0.05) is 31.7 Å². The minimum absolute atomic E-state index is 0.300. The van der Waals surface area contributed by atoms with Crippen LogP contribution in [0, 0.1) is 26.6 Å². The summed E-state index contributed by atoms with van der Waals surface area (Å²) in [4.78, 5) is 2.35. The number of halogens is 1. The van der Waals surface area contributed by atoms with Crippen molar-refractivity contribution in [3.63, 3.8) is 0 Å². The van der Waals surface area contributed by atoms with Crippen LogP contribution in [-0.2, 0) is 10.0 Å². The van der Waals surface area contributed by atoms with Crippen LogP contribution >= 0.6 is 0 Å². The maximum Gasteiger partial charge on any atom is 0.243 e. The quantitative estimate of drug-likeness (QED) is 0.566. The van der Waals surface area contributed by atoms with Crippen molar-refractivity contribution in [3.05, 3.63) is 65.0 Å². The van der Waals surface area contributed by atoms with Gasteiger partial charge in [-0.05, 0) is 79.9 Å². The van der Waals surface area contributed by atoms with Crippen LogP contribution in [0.3, 0.4) is 0 Å². The Morgan fingerprint density at radius 3 is 2.15 bits per heavy atom. The number of benzene rings is 2. The first-order valence-corrected chi connectivity index (χ1v) is 12.2. The molecule has 7 nitrogen and oxygen atoms in total. The number of piperazine rings is 1. The first kappa shape index (κ1) is 23.1. The van der Waals surface area contributed by atoms with Gasteiger partial charge in [0.2, 0.25) is 10.0 Å². The zero-order valence-electron chi connectivity index (χ0n) is 19.2. The molecular weight excluding hydrogens is 443 g/mol. The molecule has 1 aromatic heterocycles. The van der Waals surface area contributed by atoms with Crippen molar-refractivity contribution >= 4 is 15.8 Å². The van der Waals surface area contributed by atoms with E-state index in [9.17, 15) is 12.8 Å². The second-order valence-electron chi connectivity index (χ2n) is 8.15. The second-order valence-corrected chi connectivity index (χ2v) is 10.1. The van der Waals surface area contributed by atoms with Gasteiger partial charge in [-0.2, -0.15) is 4.31 Å². The van der Waals surface area contributed by atoms with E-state index in [1.165, 1.54) is 16.4 Å². The molecule has 1 aliphatic rings. The lowest BCUT2D eigenvalue weighted by Crippen LogP contribution is -2.49. The number of aromatic nitrogens is 2. The lowest BCUT2D eigenvalue weighted by molar-refractivity contribution is 0.382. The summed E-state index contributed by atoms with van der Waals surface area (Å²) in [6, 6.07) is 11.5. The van der Waals surface area contributed by atoms with Gasteiger partial charge >= 0.3 is 0 Å². The standard InChI is InChI=1S/C24H27FN4O3S/c1-16-15-22(17(2)18(3)24(16)32-4)33(30,31)29-13-11-28(12-14-29)23-10-9-21(26-27-23)19-5-7-20(25)8-6-19/h5-10,15H,11-14H2,1-4H3. The molecule has 0 radical (unpaired) electrons. The van der Waals surface area contributed by atoms with Gasteiger partial charge in [0.15, 0.2) is 5.82 Å². The maximum absolute atomic E-state index is 13.4. The van der Waals surface area contributed by atoms with E-state index in [2.05, 4.69) is 10.2 Å². The third-order valence-corrected chi connectivity index (χ3v) is 8.18. The Labute approximate surface area is 193 Å². The molecule has 0 unspecified atom stereocenters. The summed E-state index contributed by atoms with van der Waals surface area (Å²) in [7, 11) is -2.04. The Morgan fingerprint density at radius 1 is 0.909 bits per heavy atom. The SMILES string of the molecule is COc1c(C)cc(S(=O)(=O)N2CCN(c3ccc(-c4ccc(F)cc4)nn3)CC2)c(C)c1C. The fourth-order valence-electron chi connectivity index (χ4n) is 4.17. The summed E-state index contributed by atoms with van der Waals surface area (Å²) in [6.45, 7) is 7.29. The van der Waals surface area contributed by atoms with E-state index in [1.54, 1.807) is 25.3 Å². The van der Waals surface area contributed by atoms with Crippen molar-refractivity contribution in [1.29, 1.82) is 0 Å². The lowest BCUT2D eigenvalue weighted by Gasteiger charge is -2.34. The molecule has 0 spiro atoms. The van der Waals surface area contributed by atoms with Gasteiger partial charge < -0.3 is 9.64 Å². The largest absolute Gasteiger partial charge is 0.496 e. The zero-order chi connectivity index (χ0) is 23.8. The molecule has 33 heavy (non-hydrogen) atoms. The minimum atomic E-state index is -3.63. The molecule has 0 bridgehead atoms. The van der Waals surface area contributed by atoms with Crippen molar-refractivity contribution in [3.8, 4) is 17.0 Å². The fourth-order valence-corrected chi connectivity index (χ4v) is 5.96. The van der Waals surface area contributed by atoms with Gasteiger partial charge in [0.1, 0.15) is 11.6 Å². The average molecular weight is 471 g/mol. The van der Waals surface area contributed by atoms with Crippen LogP contribution in [0.1, 0.15) is 16.7 Å². The summed E-state index contributed by atoms with van der Waals surface area (Å²) in [5, 5.41) is 8.56. The van der Waals surface area contributed by atoms with E-state index in [1.807, 2.05) is 37.8 Å². The van der Waals surface area contributed by atoms with Gasteiger partial charge in [-0.3, -0.25) is 0 Å². The molecule has 0 saturated carbocycles. The first-order chi connectivity index (χ1) is 15.7. The van der Waals surface area contributed by atoms with E-state index < -0.39 is 10.0 Å². The normalized spacial score (nSPS) is 15.0. The summed E-state index contributed by atoms with van der Waals surface area (Å²) in [5.41, 5.74) is 3.79. The number of hydrogen-bond donors (Lipinski definition) is 0. The fraction of sp³-hybridized carbons (Fsp3) is 0.333. The van der Waals surface area contributed by atoms with Crippen LogP contribution in [0.4, 0.5) is 10.2 Å². The number of aryl methyl sites for hydroxylation is 1. The van der Waals surface area contributed by atoms with E-state index in [4.69, 9.17) is 4.74 Å². The van der Waals surface area contributed by atoms with Gasteiger partial charge in [0.05, 0.1) is 17.7 Å². The van der Waals surface area contributed by atoms with Crippen LogP contribution in [0.15, 0.2) is 47.4 Å². The smallest absolute Gasteiger partial charge is 0.243 e. The molecule has 9 heteroatoms. The van der Waals surface area contributed by atoms with Crippen LogP contribution in [0.25, 0.3) is 11.3 Å². The molecule has 174 valence electrons. The number of anilines is 1. The molecule has 2 heterocycles. The van der Waals surface area contributed by atoms with Crippen molar-refractivity contribution in [2.45, 2.75) is 25.7 Å². The van der Waals surface area contributed by atoms with Crippen LogP contribution in [0.5, 0.6) is 5.75 Å². The molecule has 1 aliphatic heterocycles. The highest BCUT2D eigenvalue weighted by Crippen LogP contribution is 2.32. The second kappa shape index (κ2) is 9.07. The number of nitrogens with zero attached hydrogens (tertiary/aromatic N) is 4. The third-order valence-electron chi connectivity index (χ3n) is 6.15. The van der Waals surface area contributed by atoms with E-state index >= 15 is 0 Å². The highest BCUT2D eigenvalue weighted by atomic mass is 32.2. The summed E-state index contributed by atoms with van der Waals surface area (Å²) >= 11 is 0. The predicted octanol–water partition coefficient (Wildman–Crippen LogP) is 3.73. The number of sulfonamides is 1. The molecule has 1 saturated heterocycles. The number of ether oxygens (including phenoxy) is 1. The Hall–Kier alpha value is -3.04. The van der Waals surface area contributed by atoms with E-state index in [0.717, 1.165) is 22.4 Å². The van der Waals surface area contributed by atoms with Crippen molar-refractivity contribution in [2.75, 3.05) is 38.2 Å². The number of hydrogen-bond acceptors (Lipinski definition) is 6. The molecule has 2 aromatic carbocycles. The van der Waals surface area contributed by atoms with Gasteiger partial charge in [0.25, 0.3) is 0 Å². The molecule has 4 rings (SSSR count). The van der Waals surface area contributed by atoms with E-state index in [-0.39, 0.29) is 5.82 Å². The summed E-state index contributed by atoms with van der Waals surface area (Å²) < 4.78 is 46.9. The Morgan fingerprint density at radius 2 is 1.58 bits per heavy atom. The van der Waals surface area contributed by atoms with Gasteiger partial charge in [-0.25, -0.2) is 12.8 Å². The predicted molar refractivity (Wildman–Crippen MR) is 126 cm³/mol. The summed E-state index contributed by atoms with van der Waals surface area (Å²) in [6.07, 6.45) is 0. The van der Waals surface area contributed by atoms with E-state index in [0.29, 0.717) is 48.1 Å². The number of methoxy groups -OCH3 is 1. The third kappa shape index (κ3) is 4.43. The first-order valence-electron chi connectivity index (χ1n) is 10.7. The van der Waals surface area contributed by atoms with Crippen molar-refractivity contribution in [2.24, 2.45) is 0 Å². The van der Waals surface area contributed by atoms with Crippen molar-refractivity contribution in [1.82, 2.24) is 14.5 Å². The highest BCUT2D eigenvalue weighted by molar-refractivity contribution is 7.89. The monoisotopic (exact) mass is 470 g/mol. The molecule has 0 amide bonds. The lowest BCUT2D eigenvalue weighted by atomic mass is 10.1. The van der Waals surface area contributed by atoms with Crippen LogP contribution < -0.4 is 9.64 Å². The molecule has 3 aromatic rings. The molecule has 0 aliphatic carbocycles. The molecular formula is C24H27FN4O3S.